The second-order valence-electron chi connectivity index (χ2n) is 19.6. The van der Waals surface area contributed by atoms with Crippen molar-refractivity contribution in [3.05, 3.63) is 207 Å². The monoisotopic (exact) mass is 1020 g/mol. The van der Waals surface area contributed by atoms with Crippen LogP contribution >= 0.6 is 0 Å². The Kier molecular flexibility index (Phi) is 14.8. The van der Waals surface area contributed by atoms with Crippen LogP contribution in [0.3, 0.4) is 0 Å². The zero-order valence-corrected chi connectivity index (χ0v) is 41.4. The summed E-state index contributed by atoms with van der Waals surface area (Å²) in [6.45, 7) is -1.32. The number of cyclic esters (lactones) is 1. The number of para-hydroxylation sites is 1. The number of hydrogen-bond acceptors (Lipinski definition) is 13. The Labute approximate surface area is 439 Å². The molecule has 2 saturated heterocycles. The summed E-state index contributed by atoms with van der Waals surface area (Å²) in [5, 5.41) is 47.9. The molecule has 1 saturated carbocycles. The Morgan fingerprint density at radius 3 is 2.13 bits per heavy atom. The average Bonchev–Trinajstić information content (AvgIpc) is 3.98. The van der Waals surface area contributed by atoms with Crippen LogP contribution < -0.4 is 15.0 Å². The summed E-state index contributed by atoms with van der Waals surface area (Å²) in [5.74, 6) is 2.16. The number of anilines is 1. The van der Waals surface area contributed by atoms with Gasteiger partial charge in [-0.05, 0) is 89.9 Å². The first-order chi connectivity index (χ1) is 36.9. The van der Waals surface area contributed by atoms with E-state index in [2.05, 4.69) is 17.2 Å². The third-order valence-corrected chi connectivity index (χ3v) is 15.0. The molecule has 6 aromatic carbocycles. The largest absolute Gasteiger partial charge is 0.491 e. The van der Waals surface area contributed by atoms with Gasteiger partial charge in [0, 0.05) is 29.8 Å². The summed E-state index contributed by atoms with van der Waals surface area (Å²) in [5.41, 5.74) is -0.820. The molecule has 3 aliphatic heterocycles. The van der Waals surface area contributed by atoms with Crippen LogP contribution in [-0.2, 0) is 35.9 Å². The van der Waals surface area contributed by atoms with Gasteiger partial charge in [0.15, 0.2) is 0 Å². The molecule has 3 heterocycles. The third-order valence-electron chi connectivity index (χ3n) is 15.0. The van der Waals surface area contributed by atoms with Crippen molar-refractivity contribution in [3.8, 4) is 17.6 Å². The van der Waals surface area contributed by atoms with Crippen molar-refractivity contribution in [1.82, 2.24) is 10.2 Å². The zero-order valence-electron chi connectivity index (χ0n) is 41.4. The van der Waals surface area contributed by atoms with Crippen LogP contribution in [0.15, 0.2) is 158 Å². The number of nitrogens with zero attached hydrogens (tertiary/aromatic N) is 3. The molecule has 0 bridgehead atoms. The number of esters is 1. The van der Waals surface area contributed by atoms with Crippen LogP contribution in [0.4, 0.5) is 16.2 Å². The van der Waals surface area contributed by atoms with E-state index in [9.17, 15) is 25.4 Å². The number of carbonyl (C=O) groups is 4. The fraction of sp³-hybridized carbons (Fsp3) is 0.300. The highest BCUT2D eigenvalue weighted by Gasteiger charge is 2.76. The van der Waals surface area contributed by atoms with Gasteiger partial charge in [-0.2, -0.15) is 0 Å². The van der Waals surface area contributed by atoms with Gasteiger partial charge in [0.05, 0.1) is 41.3 Å². The number of non-ortho nitro benzene ring substituents is 1. The summed E-state index contributed by atoms with van der Waals surface area (Å²) >= 11 is 0. The smallest absolute Gasteiger partial charge is 0.421 e. The highest BCUT2D eigenvalue weighted by molar-refractivity contribution is 6.23. The number of rotatable bonds is 13. The van der Waals surface area contributed by atoms with Gasteiger partial charge < -0.3 is 34.8 Å². The molecule has 1 spiro atoms. The minimum atomic E-state index is -2.28. The average molecular weight is 1030 g/mol. The molecular formula is C60H56N4O12. The summed E-state index contributed by atoms with van der Waals surface area (Å²) in [6, 6.07) is 40.2. The maximum Gasteiger partial charge on any atom is 0.421 e. The van der Waals surface area contributed by atoms with E-state index in [1.165, 1.54) is 30.3 Å². The lowest BCUT2D eigenvalue weighted by molar-refractivity contribution is -0.384. The molecule has 10 rings (SSSR count). The number of ether oxygens (including phenoxy) is 3. The fourth-order valence-corrected chi connectivity index (χ4v) is 11.6. The lowest BCUT2D eigenvalue weighted by Crippen LogP contribution is -2.56. The molecule has 1 aliphatic carbocycles. The fourth-order valence-electron chi connectivity index (χ4n) is 11.6. The van der Waals surface area contributed by atoms with Crippen molar-refractivity contribution in [1.29, 1.82) is 0 Å². The quantitative estimate of drug-likeness (QED) is 0.0282. The number of amides is 3. The number of aliphatic hydroxyl groups excluding tert-OH is 2. The van der Waals surface area contributed by atoms with Gasteiger partial charge in [-0.1, -0.05) is 134 Å². The first-order valence-electron chi connectivity index (χ1n) is 25.5. The van der Waals surface area contributed by atoms with Gasteiger partial charge in [0.25, 0.3) is 5.69 Å². The molecule has 0 aromatic heterocycles. The van der Waals surface area contributed by atoms with Crippen molar-refractivity contribution in [2.45, 2.75) is 86.5 Å². The number of nitro benzene ring substituents is 1. The number of fused-ring (bicyclic) bond motifs is 3. The number of carbonyl (C=O) groups excluding carboxylic acids is 4. The molecule has 16 nitrogen and oxygen atoms in total. The van der Waals surface area contributed by atoms with Crippen molar-refractivity contribution in [2.24, 2.45) is 5.92 Å². The second-order valence-corrected chi connectivity index (χ2v) is 19.6. The highest BCUT2D eigenvalue weighted by Crippen LogP contribution is 2.66. The van der Waals surface area contributed by atoms with Crippen LogP contribution in [0.25, 0.3) is 0 Å². The van der Waals surface area contributed by atoms with E-state index in [0.717, 1.165) is 30.6 Å². The Morgan fingerprint density at radius 2 is 1.46 bits per heavy atom. The standard InChI is InChI=1S/C60H56N4O12/c65-34-35-74-49-23-13-12-22-45(49)54-60(46-36-39(30-33-59(71)31-14-1-2-15-32-59)26-29-47(46)62(57(60)69)58(70)75-38-40-24-27-44(28-25-40)64(72)73)50(55(67)61-37-48(66)41-16-6-3-7-17-41)52-56(68)76-53(43-20-10-5-11-21-43)51(63(52)54)42-18-8-4-9-19-42/h3-13,16-29,36,48,50-54,65-66,71H,1-2,14-15,31-32,34-35,37-38H2,(H,61,67)/t48-,50-,51-,52-,53+,54+,60-/m0/s1. The first kappa shape index (κ1) is 51.3. The molecule has 0 radical (unpaired) electrons. The molecule has 16 heteroatoms. The summed E-state index contributed by atoms with van der Waals surface area (Å²) in [6.07, 6.45) is 0.957. The molecule has 388 valence electrons. The maximum atomic E-state index is 16.8. The van der Waals surface area contributed by atoms with E-state index in [0.29, 0.717) is 46.2 Å². The number of imide groups is 1. The molecular weight excluding hydrogens is 969 g/mol. The van der Waals surface area contributed by atoms with Gasteiger partial charge in [-0.25, -0.2) is 9.69 Å². The van der Waals surface area contributed by atoms with Gasteiger partial charge in [-0.15, -0.1) is 0 Å². The topological polar surface area (TPSA) is 218 Å². The predicted octanol–water partition coefficient (Wildman–Crippen LogP) is 8.25. The minimum Gasteiger partial charge on any atom is -0.491 e. The summed E-state index contributed by atoms with van der Waals surface area (Å²) in [7, 11) is 0. The number of morpholine rings is 1. The third kappa shape index (κ3) is 9.70. The Balaban J connectivity index is 1.23. The van der Waals surface area contributed by atoms with E-state index < -0.39 is 82.7 Å². The van der Waals surface area contributed by atoms with E-state index in [1.807, 2.05) is 65.6 Å². The zero-order chi connectivity index (χ0) is 53.0. The van der Waals surface area contributed by atoms with Gasteiger partial charge in [-0.3, -0.25) is 29.4 Å². The molecule has 6 aromatic rings. The van der Waals surface area contributed by atoms with Crippen molar-refractivity contribution in [3.63, 3.8) is 0 Å². The molecule has 76 heavy (non-hydrogen) atoms. The van der Waals surface area contributed by atoms with Gasteiger partial charge in [0.1, 0.15) is 42.1 Å². The van der Waals surface area contributed by atoms with Crippen LogP contribution in [0, 0.1) is 27.9 Å². The number of nitrogens with one attached hydrogen (secondary N) is 1. The molecule has 0 unspecified atom stereocenters. The lowest BCUT2D eigenvalue weighted by atomic mass is 9.65. The predicted molar refractivity (Wildman–Crippen MR) is 278 cm³/mol. The van der Waals surface area contributed by atoms with Gasteiger partial charge >= 0.3 is 12.1 Å². The van der Waals surface area contributed by atoms with Crippen molar-refractivity contribution in [2.75, 3.05) is 24.7 Å². The molecule has 3 fully saturated rings. The molecule has 3 amide bonds. The Morgan fingerprint density at radius 1 is 0.816 bits per heavy atom. The Bertz CT molecular complexity index is 3180. The SMILES string of the molecule is O=C1O[C@H](c2ccccc2)[C@H](c2ccccc2)N2[C@H]1[C@@H](C(=O)NC[C@H](O)c1ccccc1)[C@]1(C(=O)N(C(=O)OCc3ccc([N+](=O)[O-])cc3)c3ccc(C#CC4(O)CCCCCC4)cc31)[C@H]2c1ccccc1OCCO. The summed E-state index contributed by atoms with van der Waals surface area (Å²) in [4.78, 5) is 77.0. The lowest BCUT2D eigenvalue weighted by Gasteiger charge is -2.46. The minimum absolute atomic E-state index is 0.0161. The number of benzene rings is 6. The number of aliphatic hydroxyl groups is 3. The second kappa shape index (κ2) is 21.9. The van der Waals surface area contributed by atoms with Crippen LogP contribution in [0.2, 0.25) is 0 Å². The maximum absolute atomic E-state index is 16.8. The van der Waals surface area contributed by atoms with Gasteiger partial charge in [0.2, 0.25) is 11.8 Å². The Hall–Kier alpha value is -8.20. The normalized spacial score (nSPS) is 23.0. The van der Waals surface area contributed by atoms with Crippen molar-refractivity contribution < 1.29 is 53.6 Å². The van der Waals surface area contributed by atoms with Crippen LogP contribution in [-0.4, -0.2) is 80.4 Å². The van der Waals surface area contributed by atoms with E-state index in [-0.39, 0.29) is 42.4 Å². The molecule has 4 N–H and O–H groups in total. The number of hydrogen-bond donors (Lipinski definition) is 4. The van der Waals surface area contributed by atoms with E-state index >= 15 is 19.2 Å². The van der Waals surface area contributed by atoms with E-state index in [4.69, 9.17) is 14.2 Å². The van der Waals surface area contributed by atoms with E-state index in [1.54, 1.807) is 66.7 Å². The number of nitro groups is 1. The summed E-state index contributed by atoms with van der Waals surface area (Å²) < 4.78 is 18.8. The highest BCUT2D eigenvalue weighted by atomic mass is 16.6. The van der Waals surface area contributed by atoms with Crippen LogP contribution in [0.5, 0.6) is 5.75 Å². The molecule has 4 aliphatic rings. The first-order valence-corrected chi connectivity index (χ1v) is 25.5. The van der Waals surface area contributed by atoms with Crippen LogP contribution in [0.1, 0.15) is 102 Å². The van der Waals surface area contributed by atoms with Crippen molar-refractivity contribution >= 4 is 35.3 Å². The molecule has 7 atom stereocenters.